The van der Waals surface area contributed by atoms with Gasteiger partial charge in [0.2, 0.25) is 0 Å². The topological polar surface area (TPSA) is 69.0 Å². The van der Waals surface area contributed by atoms with Crippen molar-refractivity contribution in [2.45, 2.75) is 32.7 Å². The van der Waals surface area contributed by atoms with E-state index in [1.54, 1.807) is 10.9 Å². The third kappa shape index (κ3) is 4.07. The van der Waals surface area contributed by atoms with Gasteiger partial charge >= 0.3 is 0 Å². The number of ether oxygens (including phenoxy) is 1. The lowest BCUT2D eigenvalue weighted by Crippen LogP contribution is -2.29. The van der Waals surface area contributed by atoms with E-state index in [0.717, 1.165) is 17.7 Å². The minimum atomic E-state index is -0.179. The Bertz CT molecular complexity index is 624. The largest absolute Gasteiger partial charge is 0.483 e. The van der Waals surface area contributed by atoms with Crippen LogP contribution in [-0.2, 0) is 18.4 Å². The Morgan fingerprint density at radius 1 is 1.41 bits per heavy atom. The third-order valence-electron chi connectivity index (χ3n) is 3.67. The summed E-state index contributed by atoms with van der Waals surface area (Å²) in [4.78, 5) is 11.9. The average molecular weight is 302 g/mol. The van der Waals surface area contributed by atoms with Gasteiger partial charge in [-0.15, -0.1) is 10.2 Å². The number of hydrogen-bond donors (Lipinski definition) is 1. The van der Waals surface area contributed by atoms with Crippen molar-refractivity contribution in [2.75, 3.05) is 6.61 Å². The molecule has 0 aliphatic heterocycles. The van der Waals surface area contributed by atoms with E-state index in [4.69, 9.17) is 4.74 Å². The molecule has 0 saturated carbocycles. The minimum Gasteiger partial charge on any atom is -0.483 e. The molecule has 1 heterocycles. The van der Waals surface area contributed by atoms with Gasteiger partial charge in [0.1, 0.15) is 12.1 Å². The molecule has 6 heteroatoms. The van der Waals surface area contributed by atoms with Crippen molar-refractivity contribution in [3.05, 3.63) is 42.0 Å². The summed E-state index contributed by atoms with van der Waals surface area (Å²) in [5.41, 5.74) is 1.13. The highest BCUT2D eigenvalue weighted by molar-refractivity contribution is 5.77. The van der Waals surface area contributed by atoms with E-state index in [9.17, 15) is 4.79 Å². The fourth-order valence-electron chi connectivity index (χ4n) is 2.08. The molecule has 0 bridgehead atoms. The SMILES string of the molecule is CC[C@H](C)c1ccccc1OCC(=O)NCc1nncn1C. The zero-order chi connectivity index (χ0) is 15.9. The van der Waals surface area contributed by atoms with Crippen LogP contribution in [0, 0.1) is 0 Å². The van der Waals surface area contributed by atoms with E-state index in [1.807, 2.05) is 31.3 Å². The van der Waals surface area contributed by atoms with Gasteiger partial charge in [-0.2, -0.15) is 0 Å². The number of aryl methyl sites for hydroxylation is 1. The molecule has 0 unspecified atom stereocenters. The van der Waals surface area contributed by atoms with Gasteiger partial charge in [-0.1, -0.05) is 32.0 Å². The molecular weight excluding hydrogens is 280 g/mol. The molecule has 118 valence electrons. The van der Waals surface area contributed by atoms with Gasteiger partial charge in [0, 0.05) is 7.05 Å². The summed E-state index contributed by atoms with van der Waals surface area (Å²) in [5.74, 6) is 1.69. The molecule has 2 rings (SSSR count). The van der Waals surface area contributed by atoms with Crippen LogP contribution in [0.25, 0.3) is 0 Å². The molecule has 0 aliphatic rings. The number of rotatable bonds is 7. The van der Waals surface area contributed by atoms with Crippen LogP contribution < -0.4 is 10.1 Å². The van der Waals surface area contributed by atoms with Crippen molar-refractivity contribution in [1.29, 1.82) is 0 Å². The Hall–Kier alpha value is -2.37. The van der Waals surface area contributed by atoms with Crippen LogP contribution in [0.4, 0.5) is 0 Å². The third-order valence-corrected chi connectivity index (χ3v) is 3.67. The van der Waals surface area contributed by atoms with Crippen molar-refractivity contribution >= 4 is 5.91 Å². The summed E-state index contributed by atoms with van der Waals surface area (Å²) in [7, 11) is 1.83. The number of benzene rings is 1. The predicted octanol–water partition coefficient (Wildman–Crippen LogP) is 2.02. The van der Waals surface area contributed by atoms with Gasteiger partial charge < -0.3 is 14.6 Å². The van der Waals surface area contributed by atoms with Crippen LogP contribution in [0.2, 0.25) is 0 Å². The maximum Gasteiger partial charge on any atom is 0.258 e. The normalized spacial score (nSPS) is 12.0. The predicted molar refractivity (Wildman–Crippen MR) is 83.5 cm³/mol. The lowest BCUT2D eigenvalue weighted by molar-refractivity contribution is -0.123. The molecule has 0 saturated heterocycles. The number of hydrogen-bond acceptors (Lipinski definition) is 4. The average Bonchev–Trinajstić information content (AvgIpc) is 2.95. The van der Waals surface area contributed by atoms with Crippen LogP contribution in [0.5, 0.6) is 5.75 Å². The second-order valence-electron chi connectivity index (χ2n) is 5.27. The minimum absolute atomic E-state index is 0.00863. The molecule has 1 amide bonds. The van der Waals surface area contributed by atoms with E-state index in [-0.39, 0.29) is 12.5 Å². The Morgan fingerprint density at radius 2 is 2.18 bits per heavy atom. The lowest BCUT2D eigenvalue weighted by Gasteiger charge is -2.15. The molecule has 0 aliphatic carbocycles. The fourth-order valence-corrected chi connectivity index (χ4v) is 2.08. The molecule has 2 aromatic rings. The molecule has 6 nitrogen and oxygen atoms in total. The lowest BCUT2D eigenvalue weighted by atomic mass is 9.98. The summed E-state index contributed by atoms with van der Waals surface area (Å²) in [5, 5.41) is 10.4. The highest BCUT2D eigenvalue weighted by Gasteiger charge is 2.11. The van der Waals surface area contributed by atoms with Gasteiger partial charge in [0.15, 0.2) is 12.4 Å². The summed E-state index contributed by atoms with van der Waals surface area (Å²) in [6.07, 6.45) is 2.62. The van der Waals surface area contributed by atoms with Crippen LogP contribution in [0.1, 0.15) is 37.6 Å². The first-order chi connectivity index (χ1) is 10.6. The Morgan fingerprint density at radius 3 is 2.86 bits per heavy atom. The van der Waals surface area contributed by atoms with E-state index in [0.29, 0.717) is 18.3 Å². The highest BCUT2D eigenvalue weighted by atomic mass is 16.5. The van der Waals surface area contributed by atoms with Crippen molar-refractivity contribution in [3.8, 4) is 5.75 Å². The van der Waals surface area contributed by atoms with Crippen molar-refractivity contribution in [2.24, 2.45) is 7.05 Å². The number of para-hydroxylation sites is 1. The zero-order valence-corrected chi connectivity index (χ0v) is 13.2. The molecular formula is C16H22N4O2. The number of aromatic nitrogens is 3. The smallest absolute Gasteiger partial charge is 0.258 e. The van der Waals surface area contributed by atoms with Crippen molar-refractivity contribution < 1.29 is 9.53 Å². The number of amides is 1. The molecule has 0 fully saturated rings. The summed E-state index contributed by atoms with van der Waals surface area (Å²) in [6, 6.07) is 7.85. The number of nitrogens with one attached hydrogen (secondary N) is 1. The van der Waals surface area contributed by atoms with Crippen LogP contribution >= 0.6 is 0 Å². The number of carbonyl (C=O) groups is 1. The van der Waals surface area contributed by atoms with E-state index in [1.165, 1.54) is 0 Å². The van der Waals surface area contributed by atoms with Gasteiger partial charge in [-0.3, -0.25) is 4.79 Å². The first kappa shape index (κ1) is 16.0. The molecule has 1 atom stereocenters. The summed E-state index contributed by atoms with van der Waals surface area (Å²) >= 11 is 0. The molecule has 1 aromatic heterocycles. The molecule has 22 heavy (non-hydrogen) atoms. The number of nitrogens with zero attached hydrogens (tertiary/aromatic N) is 3. The Kier molecular flexibility index (Phi) is 5.52. The van der Waals surface area contributed by atoms with E-state index in [2.05, 4.69) is 29.4 Å². The molecule has 0 spiro atoms. The van der Waals surface area contributed by atoms with Gasteiger partial charge in [-0.05, 0) is 24.0 Å². The van der Waals surface area contributed by atoms with Gasteiger partial charge in [-0.25, -0.2) is 0 Å². The second-order valence-corrected chi connectivity index (χ2v) is 5.27. The maximum absolute atomic E-state index is 11.9. The zero-order valence-electron chi connectivity index (χ0n) is 13.2. The van der Waals surface area contributed by atoms with Crippen molar-refractivity contribution in [3.63, 3.8) is 0 Å². The monoisotopic (exact) mass is 302 g/mol. The molecule has 1 aromatic carbocycles. The summed E-state index contributed by atoms with van der Waals surface area (Å²) < 4.78 is 7.43. The highest BCUT2D eigenvalue weighted by Crippen LogP contribution is 2.28. The first-order valence-corrected chi connectivity index (χ1v) is 7.43. The van der Waals surface area contributed by atoms with Gasteiger partial charge in [0.25, 0.3) is 5.91 Å². The van der Waals surface area contributed by atoms with Crippen molar-refractivity contribution in [1.82, 2.24) is 20.1 Å². The maximum atomic E-state index is 11.9. The van der Waals surface area contributed by atoms with Crippen LogP contribution in [-0.4, -0.2) is 27.3 Å². The molecule has 0 radical (unpaired) electrons. The van der Waals surface area contributed by atoms with Crippen LogP contribution in [0.15, 0.2) is 30.6 Å². The fraction of sp³-hybridized carbons (Fsp3) is 0.438. The standard InChI is InChI=1S/C16H22N4O2/c1-4-12(2)13-7-5-6-8-14(13)22-10-16(21)17-9-15-19-18-11-20(15)3/h5-8,11-12H,4,9-10H2,1-3H3,(H,17,21)/t12-/m0/s1. The van der Waals surface area contributed by atoms with E-state index >= 15 is 0 Å². The first-order valence-electron chi connectivity index (χ1n) is 7.43. The Balaban J connectivity index is 1.87. The van der Waals surface area contributed by atoms with Gasteiger partial charge in [0.05, 0.1) is 6.54 Å². The second kappa shape index (κ2) is 7.59. The van der Waals surface area contributed by atoms with Crippen LogP contribution in [0.3, 0.4) is 0 Å². The number of carbonyl (C=O) groups excluding carboxylic acids is 1. The quantitative estimate of drug-likeness (QED) is 0.849. The Labute approximate surface area is 130 Å². The summed E-state index contributed by atoms with van der Waals surface area (Å²) in [6.45, 7) is 4.61. The van der Waals surface area contributed by atoms with E-state index < -0.39 is 0 Å². The molecule has 1 N–H and O–H groups in total.